The molecule has 0 amide bonds. The standard InChI is InChI=1S/C14H18N2/c1-14(2,10-15)11-6-8-13(9-7-11)16-12-4-3-5-12/h6-9,12,16H,3-5H2,1-2H3. The molecule has 0 unspecified atom stereocenters. The molecule has 1 saturated carbocycles. The smallest absolute Gasteiger partial charge is 0.0766 e. The highest BCUT2D eigenvalue weighted by Crippen LogP contribution is 2.26. The number of nitrogens with zero attached hydrogens (tertiary/aromatic N) is 1. The molecule has 1 aromatic rings. The Labute approximate surface area is 97.3 Å². The summed E-state index contributed by atoms with van der Waals surface area (Å²) in [7, 11) is 0. The summed E-state index contributed by atoms with van der Waals surface area (Å²) in [6, 6.07) is 11.2. The molecule has 0 atom stereocenters. The Bertz CT molecular complexity index is 394. The Balaban J connectivity index is 2.07. The summed E-state index contributed by atoms with van der Waals surface area (Å²) in [5.41, 5.74) is 1.85. The van der Waals surface area contributed by atoms with Crippen LogP contribution in [0.3, 0.4) is 0 Å². The summed E-state index contributed by atoms with van der Waals surface area (Å²) in [6.07, 6.45) is 3.91. The average molecular weight is 214 g/mol. The van der Waals surface area contributed by atoms with E-state index in [1.807, 2.05) is 26.0 Å². The largest absolute Gasteiger partial charge is 0.382 e. The van der Waals surface area contributed by atoms with E-state index in [0.717, 1.165) is 5.56 Å². The first-order valence-electron chi connectivity index (χ1n) is 5.90. The second kappa shape index (κ2) is 4.17. The summed E-state index contributed by atoms with van der Waals surface area (Å²) in [4.78, 5) is 0. The van der Waals surface area contributed by atoms with Crippen LogP contribution >= 0.6 is 0 Å². The minimum atomic E-state index is -0.394. The monoisotopic (exact) mass is 214 g/mol. The van der Waals surface area contributed by atoms with Gasteiger partial charge in [-0.25, -0.2) is 0 Å². The fourth-order valence-electron chi connectivity index (χ4n) is 1.84. The first-order valence-corrected chi connectivity index (χ1v) is 5.90. The zero-order chi connectivity index (χ0) is 11.6. The van der Waals surface area contributed by atoms with Gasteiger partial charge in [-0.3, -0.25) is 0 Å². The van der Waals surface area contributed by atoms with Gasteiger partial charge in [-0.2, -0.15) is 5.26 Å². The normalized spacial score (nSPS) is 16.3. The third-order valence-corrected chi connectivity index (χ3v) is 3.36. The van der Waals surface area contributed by atoms with E-state index in [4.69, 9.17) is 5.26 Å². The third kappa shape index (κ3) is 2.19. The number of nitrogens with one attached hydrogen (secondary N) is 1. The molecule has 1 N–H and O–H groups in total. The maximum absolute atomic E-state index is 9.04. The molecule has 0 saturated heterocycles. The van der Waals surface area contributed by atoms with Crippen molar-refractivity contribution >= 4 is 5.69 Å². The predicted molar refractivity (Wildman–Crippen MR) is 66.3 cm³/mol. The van der Waals surface area contributed by atoms with E-state index in [1.54, 1.807) is 0 Å². The lowest BCUT2D eigenvalue weighted by atomic mass is 9.86. The molecule has 1 aromatic carbocycles. The topological polar surface area (TPSA) is 35.8 Å². The molecular formula is C14H18N2. The van der Waals surface area contributed by atoms with Crippen LogP contribution in [0.2, 0.25) is 0 Å². The number of nitriles is 1. The SMILES string of the molecule is CC(C)(C#N)c1ccc(NC2CCC2)cc1. The van der Waals surface area contributed by atoms with E-state index in [-0.39, 0.29) is 0 Å². The van der Waals surface area contributed by atoms with Crippen LogP contribution in [-0.4, -0.2) is 6.04 Å². The van der Waals surface area contributed by atoms with Gasteiger partial charge in [0.2, 0.25) is 0 Å². The lowest BCUT2D eigenvalue weighted by Gasteiger charge is -2.27. The minimum Gasteiger partial charge on any atom is -0.382 e. The highest BCUT2D eigenvalue weighted by Gasteiger charge is 2.20. The van der Waals surface area contributed by atoms with Crippen molar-refractivity contribution in [2.24, 2.45) is 0 Å². The molecule has 2 nitrogen and oxygen atoms in total. The van der Waals surface area contributed by atoms with Gasteiger partial charge in [-0.05, 0) is 50.8 Å². The maximum atomic E-state index is 9.04. The maximum Gasteiger partial charge on any atom is 0.0766 e. The molecule has 1 aliphatic rings. The first kappa shape index (κ1) is 11.0. The van der Waals surface area contributed by atoms with Crippen LogP contribution in [0.1, 0.15) is 38.7 Å². The molecule has 2 rings (SSSR count). The number of benzene rings is 1. The lowest BCUT2D eigenvalue weighted by Crippen LogP contribution is -2.26. The third-order valence-electron chi connectivity index (χ3n) is 3.36. The van der Waals surface area contributed by atoms with E-state index in [1.165, 1.54) is 24.9 Å². The van der Waals surface area contributed by atoms with Gasteiger partial charge >= 0.3 is 0 Å². The summed E-state index contributed by atoms with van der Waals surface area (Å²) >= 11 is 0. The van der Waals surface area contributed by atoms with Crippen molar-refractivity contribution in [1.29, 1.82) is 5.26 Å². The van der Waals surface area contributed by atoms with Gasteiger partial charge in [0.1, 0.15) is 0 Å². The van der Waals surface area contributed by atoms with Crippen molar-refractivity contribution < 1.29 is 0 Å². The highest BCUT2D eigenvalue weighted by atomic mass is 14.9. The van der Waals surface area contributed by atoms with Crippen molar-refractivity contribution in [3.63, 3.8) is 0 Å². The van der Waals surface area contributed by atoms with Gasteiger partial charge in [0.25, 0.3) is 0 Å². The molecule has 0 bridgehead atoms. The van der Waals surface area contributed by atoms with Crippen molar-refractivity contribution in [2.45, 2.75) is 44.6 Å². The van der Waals surface area contributed by atoms with Gasteiger partial charge in [-0.1, -0.05) is 12.1 Å². The molecule has 84 valence electrons. The van der Waals surface area contributed by atoms with Crippen molar-refractivity contribution in [3.05, 3.63) is 29.8 Å². The van der Waals surface area contributed by atoms with Crippen LogP contribution in [0.5, 0.6) is 0 Å². The summed E-state index contributed by atoms with van der Waals surface area (Å²) in [5, 5.41) is 12.5. The van der Waals surface area contributed by atoms with E-state index in [2.05, 4.69) is 23.5 Å². The number of rotatable bonds is 3. The van der Waals surface area contributed by atoms with Crippen molar-refractivity contribution in [2.75, 3.05) is 5.32 Å². The average Bonchev–Trinajstić information content (AvgIpc) is 2.24. The molecule has 0 aromatic heterocycles. The van der Waals surface area contributed by atoms with E-state index >= 15 is 0 Å². The molecule has 1 aliphatic carbocycles. The molecule has 0 spiro atoms. The lowest BCUT2D eigenvalue weighted by molar-refractivity contribution is 0.445. The van der Waals surface area contributed by atoms with Crippen LogP contribution in [0.15, 0.2) is 24.3 Å². The second-order valence-electron chi connectivity index (χ2n) is 5.09. The number of hydrogen-bond acceptors (Lipinski definition) is 2. The Morgan fingerprint density at radius 1 is 1.25 bits per heavy atom. The van der Waals surface area contributed by atoms with Crippen LogP contribution in [0.25, 0.3) is 0 Å². The molecular weight excluding hydrogens is 196 g/mol. The van der Waals surface area contributed by atoms with Gasteiger partial charge in [0.05, 0.1) is 11.5 Å². The zero-order valence-corrected chi connectivity index (χ0v) is 9.96. The zero-order valence-electron chi connectivity index (χ0n) is 9.96. The minimum absolute atomic E-state index is 0.394. The van der Waals surface area contributed by atoms with Gasteiger partial charge in [-0.15, -0.1) is 0 Å². The predicted octanol–water partition coefficient (Wildman–Crippen LogP) is 3.45. The van der Waals surface area contributed by atoms with Crippen LogP contribution < -0.4 is 5.32 Å². The fourth-order valence-corrected chi connectivity index (χ4v) is 1.84. The van der Waals surface area contributed by atoms with Crippen LogP contribution in [-0.2, 0) is 5.41 Å². The highest BCUT2D eigenvalue weighted by molar-refractivity contribution is 5.47. The quantitative estimate of drug-likeness (QED) is 0.836. The molecule has 0 heterocycles. The number of anilines is 1. The summed E-state index contributed by atoms with van der Waals surface area (Å²) in [6.45, 7) is 3.89. The molecule has 0 aliphatic heterocycles. The Kier molecular flexibility index (Phi) is 2.87. The molecule has 16 heavy (non-hydrogen) atoms. The Morgan fingerprint density at radius 2 is 1.88 bits per heavy atom. The fraction of sp³-hybridized carbons (Fsp3) is 0.500. The second-order valence-corrected chi connectivity index (χ2v) is 5.09. The number of hydrogen-bond donors (Lipinski definition) is 1. The first-order chi connectivity index (χ1) is 7.62. The van der Waals surface area contributed by atoms with Crippen LogP contribution in [0, 0.1) is 11.3 Å². The van der Waals surface area contributed by atoms with Gasteiger partial charge < -0.3 is 5.32 Å². The van der Waals surface area contributed by atoms with Gasteiger partial charge in [0, 0.05) is 11.7 Å². The molecule has 2 heteroatoms. The van der Waals surface area contributed by atoms with E-state index < -0.39 is 5.41 Å². The van der Waals surface area contributed by atoms with E-state index in [0.29, 0.717) is 6.04 Å². The van der Waals surface area contributed by atoms with Gasteiger partial charge in [0.15, 0.2) is 0 Å². The summed E-state index contributed by atoms with van der Waals surface area (Å²) < 4.78 is 0. The van der Waals surface area contributed by atoms with Crippen molar-refractivity contribution in [3.8, 4) is 6.07 Å². The molecule has 0 radical (unpaired) electrons. The summed E-state index contributed by atoms with van der Waals surface area (Å²) in [5.74, 6) is 0. The van der Waals surface area contributed by atoms with Crippen molar-refractivity contribution in [1.82, 2.24) is 0 Å². The van der Waals surface area contributed by atoms with Crippen LogP contribution in [0.4, 0.5) is 5.69 Å². The molecule has 1 fully saturated rings. The Morgan fingerprint density at radius 3 is 2.31 bits per heavy atom. The Hall–Kier alpha value is -1.49. The van der Waals surface area contributed by atoms with E-state index in [9.17, 15) is 0 Å².